The van der Waals surface area contributed by atoms with Crippen LogP contribution in [0.25, 0.3) is 0 Å². The molecule has 1 aromatic rings. The van der Waals surface area contributed by atoms with Crippen LogP contribution in [-0.2, 0) is 11.2 Å². The Kier molecular flexibility index (Phi) is 4.29. The molecule has 0 bridgehead atoms. The number of carbonyl (C=O) groups is 1. The average Bonchev–Trinajstić information content (AvgIpc) is 3.26. The van der Waals surface area contributed by atoms with Crippen LogP contribution < -0.4 is 10.6 Å². The summed E-state index contributed by atoms with van der Waals surface area (Å²) in [7, 11) is 0. The summed E-state index contributed by atoms with van der Waals surface area (Å²) in [6, 6.07) is 11.1. The van der Waals surface area contributed by atoms with Crippen molar-refractivity contribution in [3.05, 3.63) is 35.9 Å². The van der Waals surface area contributed by atoms with Crippen LogP contribution in [-0.4, -0.2) is 25.0 Å². The van der Waals surface area contributed by atoms with E-state index in [0.717, 1.165) is 32.4 Å². The van der Waals surface area contributed by atoms with Crippen LogP contribution in [0.2, 0.25) is 0 Å². The van der Waals surface area contributed by atoms with Crippen molar-refractivity contribution in [2.75, 3.05) is 13.1 Å². The van der Waals surface area contributed by atoms with E-state index in [1.54, 1.807) is 0 Å². The molecule has 0 aromatic heterocycles. The fourth-order valence-corrected chi connectivity index (χ4v) is 3.41. The molecule has 3 rings (SSSR count). The molecule has 3 heteroatoms. The van der Waals surface area contributed by atoms with Crippen LogP contribution in [0, 0.1) is 11.3 Å². The summed E-state index contributed by atoms with van der Waals surface area (Å²) < 4.78 is 0. The second-order valence-electron chi connectivity index (χ2n) is 6.96. The van der Waals surface area contributed by atoms with Gasteiger partial charge < -0.3 is 10.6 Å². The van der Waals surface area contributed by atoms with Gasteiger partial charge in [0.1, 0.15) is 0 Å². The maximum atomic E-state index is 12.3. The topological polar surface area (TPSA) is 41.1 Å². The molecule has 1 heterocycles. The third-order valence-electron chi connectivity index (χ3n) is 5.01. The number of carbonyl (C=O) groups excluding carboxylic acids is 1. The number of amides is 1. The smallest absolute Gasteiger partial charge is 0.223 e. The van der Waals surface area contributed by atoms with E-state index in [2.05, 4.69) is 47.9 Å². The van der Waals surface area contributed by atoms with E-state index in [-0.39, 0.29) is 11.8 Å². The van der Waals surface area contributed by atoms with Crippen LogP contribution in [0.15, 0.2) is 30.3 Å². The third kappa shape index (κ3) is 3.85. The van der Waals surface area contributed by atoms with Gasteiger partial charge >= 0.3 is 0 Å². The number of nitrogens with one attached hydrogen (secondary N) is 2. The summed E-state index contributed by atoms with van der Waals surface area (Å²) in [5, 5.41) is 6.63. The van der Waals surface area contributed by atoms with Gasteiger partial charge in [0.15, 0.2) is 0 Å². The standard InChI is InChI=1S/C18H26N2O/c1-14-11-16(7-10-19-14)17(21)20-13-18(8-9-18)12-15-5-3-2-4-6-15/h2-6,14,16,19H,7-13H2,1H3,(H,20,21)/t14-,16-/m0/s1. The number of hydrogen-bond acceptors (Lipinski definition) is 2. The number of rotatable bonds is 5. The van der Waals surface area contributed by atoms with Gasteiger partial charge in [-0.15, -0.1) is 0 Å². The summed E-state index contributed by atoms with van der Waals surface area (Å²) in [6.07, 6.45) is 5.52. The van der Waals surface area contributed by atoms with Gasteiger partial charge in [-0.05, 0) is 56.6 Å². The maximum Gasteiger partial charge on any atom is 0.223 e. The second-order valence-corrected chi connectivity index (χ2v) is 6.96. The molecule has 1 aliphatic heterocycles. The van der Waals surface area contributed by atoms with Crippen molar-refractivity contribution >= 4 is 5.91 Å². The molecule has 1 saturated heterocycles. The Morgan fingerprint density at radius 3 is 2.76 bits per heavy atom. The molecule has 2 N–H and O–H groups in total. The molecule has 21 heavy (non-hydrogen) atoms. The molecule has 3 nitrogen and oxygen atoms in total. The lowest BCUT2D eigenvalue weighted by atomic mass is 9.91. The monoisotopic (exact) mass is 286 g/mol. The Labute approximate surface area is 127 Å². The Bertz CT molecular complexity index is 481. The Morgan fingerprint density at radius 1 is 1.33 bits per heavy atom. The van der Waals surface area contributed by atoms with Crippen molar-refractivity contribution in [3.63, 3.8) is 0 Å². The molecule has 2 fully saturated rings. The predicted octanol–water partition coefficient (Wildman–Crippen LogP) is 2.51. The Hall–Kier alpha value is -1.35. The van der Waals surface area contributed by atoms with E-state index in [1.165, 1.54) is 18.4 Å². The minimum absolute atomic E-state index is 0.203. The minimum Gasteiger partial charge on any atom is -0.355 e. The molecule has 2 aliphatic rings. The fourth-order valence-electron chi connectivity index (χ4n) is 3.41. The highest BCUT2D eigenvalue weighted by Crippen LogP contribution is 2.47. The van der Waals surface area contributed by atoms with Gasteiger partial charge in [0.2, 0.25) is 5.91 Å². The van der Waals surface area contributed by atoms with E-state index < -0.39 is 0 Å². The van der Waals surface area contributed by atoms with Crippen LogP contribution in [0.1, 0.15) is 38.2 Å². The van der Waals surface area contributed by atoms with Crippen molar-refractivity contribution in [2.45, 2.75) is 45.1 Å². The molecule has 1 aromatic carbocycles. The SMILES string of the molecule is C[C@H]1C[C@@H](C(=O)NCC2(Cc3ccccc3)CC2)CCN1. The second kappa shape index (κ2) is 6.18. The van der Waals surface area contributed by atoms with Crippen LogP contribution >= 0.6 is 0 Å². The van der Waals surface area contributed by atoms with E-state index >= 15 is 0 Å². The van der Waals surface area contributed by atoms with Gasteiger partial charge in [0.05, 0.1) is 0 Å². The zero-order valence-electron chi connectivity index (χ0n) is 12.9. The first-order valence-corrected chi connectivity index (χ1v) is 8.22. The molecular weight excluding hydrogens is 260 g/mol. The van der Waals surface area contributed by atoms with E-state index in [9.17, 15) is 4.79 Å². The van der Waals surface area contributed by atoms with Crippen molar-refractivity contribution in [2.24, 2.45) is 11.3 Å². The molecular formula is C18H26N2O. The predicted molar refractivity (Wildman–Crippen MR) is 85.0 cm³/mol. The average molecular weight is 286 g/mol. The lowest BCUT2D eigenvalue weighted by Gasteiger charge is -2.28. The first-order chi connectivity index (χ1) is 10.2. The van der Waals surface area contributed by atoms with E-state index in [1.807, 2.05) is 0 Å². The quantitative estimate of drug-likeness (QED) is 0.873. The Balaban J connectivity index is 1.49. The van der Waals surface area contributed by atoms with Crippen molar-refractivity contribution < 1.29 is 4.79 Å². The number of piperidine rings is 1. The van der Waals surface area contributed by atoms with Crippen LogP contribution in [0.4, 0.5) is 0 Å². The van der Waals surface area contributed by atoms with Crippen molar-refractivity contribution in [3.8, 4) is 0 Å². The van der Waals surface area contributed by atoms with Gasteiger partial charge in [0, 0.05) is 18.5 Å². The summed E-state index contributed by atoms with van der Waals surface area (Å²) in [6.45, 7) is 3.98. The van der Waals surface area contributed by atoms with Gasteiger partial charge in [0.25, 0.3) is 0 Å². The maximum absolute atomic E-state index is 12.3. The van der Waals surface area contributed by atoms with Gasteiger partial charge in [-0.25, -0.2) is 0 Å². The van der Waals surface area contributed by atoms with Crippen LogP contribution in [0.3, 0.4) is 0 Å². The first kappa shape index (κ1) is 14.6. The number of hydrogen-bond donors (Lipinski definition) is 2. The molecule has 114 valence electrons. The molecule has 1 saturated carbocycles. The summed E-state index contributed by atoms with van der Waals surface area (Å²) in [4.78, 5) is 12.3. The van der Waals surface area contributed by atoms with Gasteiger partial charge in [-0.2, -0.15) is 0 Å². The summed E-state index contributed by atoms with van der Waals surface area (Å²) in [5.41, 5.74) is 1.72. The third-order valence-corrected chi connectivity index (χ3v) is 5.01. The largest absolute Gasteiger partial charge is 0.355 e. The Morgan fingerprint density at radius 2 is 2.10 bits per heavy atom. The first-order valence-electron chi connectivity index (χ1n) is 8.22. The highest BCUT2D eigenvalue weighted by atomic mass is 16.1. The fraction of sp³-hybridized carbons (Fsp3) is 0.611. The zero-order chi connectivity index (χ0) is 14.7. The summed E-state index contributed by atoms with van der Waals surface area (Å²) in [5.74, 6) is 0.469. The lowest BCUT2D eigenvalue weighted by Crippen LogP contribution is -2.43. The number of benzene rings is 1. The van der Waals surface area contributed by atoms with Crippen molar-refractivity contribution in [1.29, 1.82) is 0 Å². The molecule has 0 radical (unpaired) electrons. The lowest BCUT2D eigenvalue weighted by molar-refractivity contribution is -0.126. The molecule has 0 spiro atoms. The summed E-state index contributed by atoms with van der Waals surface area (Å²) >= 11 is 0. The zero-order valence-corrected chi connectivity index (χ0v) is 12.9. The van der Waals surface area contributed by atoms with E-state index in [4.69, 9.17) is 0 Å². The molecule has 0 unspecified atom stereocenters. The molecule has 2 atom stereocenters. The highest BCUT2D eigenvalue weighted by molar-refractivity contribution is 5.78. The highest BCUT2D eigenvalue weighted by Gasteiger charge is 2.42. The molecule has 1 aliphatic carbocycles. The van der Waals surface area contributed by atoms with Gasteiger partial charge in [-0.3, -0.25) is 4.79 Å². The molecule has 1 amide bonds. The van der Waals surface area contributed by atoms with Crippen LogP contribution in [0.5, 0.6) is 0 Å². The van der Waals surface area contributed by atoms with E-state index in [0.29, 0.717) is 11.5 Å². The van der Waals surface area contributed by atoms with Gasteiger partial charge in [-0.1, -0.05) is 30.3 Å². The minimum atomic E-state index is 0.203. The normalized spacial score (nSPS) is 27.1. The van der Waals surface area contributed by atoms with Crippen molar-refractivity contribution in [1.82, 2.24) is 10.6 Å².